The third-order valence-corrected chi connectivity index (χ3v) is 6.71. The Kier molecular flexibility index (Phi) is 4.02. The summed E-state index contributed by atoms with van der Waals surface area (Å²) in [7, 11) is 0. The Morgan fingerprint density at radius 2 is 1.88 bits per heavy atom. The van der Waals surface area contributed by atoms with Gasteiger partial charge in [0.15, 0.2) is 0 Å². The molecule has 3 heteroatoms. The van der Waals surface area contributed by atoms with Gasteiger partial charge >= 0.3 is 0 Å². The van der Waals surface area contributed by atoms with E-state index in [2.05, 4.69) is 28.0 Å². The lowest BCUT2D eigenvalue weighted by molar-refractivity contribution is 0.0296. The molecule has 3 heterocycles. The summed E-state index contributed by atoms with van der Waals surface area (Å²) >= 11 is 0. The van der Waals surface area contributed by atoms with Gasteiger partial charge in [0.1, 0.15) is 11.9 Å². The van der Waals surface area contributed by atoms with E-state index < -0.39 is 0 Å². The number of fused-ring (bicyclic) bond motifs is 3. The molecule has 4 unspecified atom stereocenters. The van der Waals surface area contributed by atoms with Crippen molar-refractivity contribution in [3.63, 3.8) is 0 Å². The Labute approximate surface area is 146 Å². The monoisotopic (exact) mass is 326 g/mol. The zero-order chi connectivity index (χ0) is 15.9. The van der Waals surface area contributed by atoms with Gasteiger partial charge in [0.05, 0.1) is 0 Å². The summed E-state index contributed by atoms with van der Waals surface area (Å²) in [5.41, 5.74) is 3.12. The zero-order valence-corrected chi connectivity index (χ0v) is 14.8. The molecule has 0 saturated carbocycles. The molecule has 3 saturated heterocycles. The van der Waals surface area contributed by atoms with E-state index in [4.69, 9.17) is 4.74 Å². The summed E-state index contributed by atoms with van der Waals surface area (Å²) in [5.74, 6) is 1.98. The Hall–Kier alpha value is -1.06. The van der Waals surface area contributed by atoms with Crippen LogP contribution in [0.15, 0.2) is 18.2 Å². The van der Waals surface area contributed by atoms with Crippen molar-refractivity contribution in [1.29, 1.82) is 0 Å². The van der Waals surface area contributed by atoms with Gasteiger partial charge in [-0.2, -0.15) is 0 Å². The van der Waals surface area contributed by atoms with Crippen LogP contribution in [0.2, 0.25) is 0 Å². The molecule has 4 atom stereocenters. The Morgan fingerprint density at radius 3 is 2.75 bits per heavy atom. The number of hydrogen-bond donors (Lipinski definition) is 0. The summed E-state index contributed by atoms with van der Waals surface area (Å²) in [4.78, 5) is 5.31. The number of nitrogens with zero attached hydrogens (tertiary/aromatic N) is 2. The first kappa shape index (κ1) is 15.2. The maximum Gasteiger partial charge on any atom is 0.120 e. The number of ether oxygens (including phenoxy) is 1. The topological polar surface area (TPSA) is 15.7 Å². The maximum absolute atomic E-state index is 6.42. The van der Waals surface area contributed by atoms with Gasteiger partial charge in [0.2, 0.25) is 0 Å². The van der Waals surface area contributed by atoms with Gasteiger partial charge in [0.25, 0.3) is 0 Å². The largest absolute Gasteiger partial charge is 0.489 e. The summed E-state index contributed by atoms with van der Waals surface area (Å²) in [5, 5.41) is 0. The van der Waals surface area contributed by atoms with Crippen LogP contribution in [0.3, 0.4) is 0 Å². The average molecular weight is 326 g/mol. The van der Waals surface area contributed by atoms with E-state index in [-0.39, 0.29) is 0 Å². The molecule has 1 aromatic carbocycles. The van der Waals surface area contributed by atoms with Crippen molar-refractivity contribution in [2.45, 2.75) is 57.1 Å². The molecule has 3 fully saturated rings. The first-order valence-electron chi connectivity index (χ1n) is 10.1. The summed E-state index contributed by atoms with van der Waals surface area (Å²) in [6.45, 7) is 6.30. The number of hydrogen-bond acceptors (Lipinski definition) is 3. The predicted octanol–water partition coefficient (Wildman–Crippen LogP) is 3.63. The van der Waals surface area contributed by atoms with Crippen molar-refractivity contribution >= 4 is 0 Å². The molecule has 0 amide bonds. The van der Waals surface area contributed by atoms with Gasteiger partial charge in [0, 0.05) is 19.1 Å². The SMILES string of the molecule is c1cc2c(cc1OC1CC3CCCN(C3)C1)CCC2N1CCCC1. The average Bonchev–Trinajstić information content (AvgIpc) is 3.23. The summed E-state index contributed by atoms with van der Waals surface area (Å²) < 4.78 is 6.42. The molecule has 3 aliphatic heterocycles. The first-order chi connectivity index (χ1) is 11.8. The minimum absolute atomic E-state index is 0.401. The van der Waals surface area contributed by atoms with E-state index in [1.165, 1.54) is 71.1 Å². The molecule has 130 valence electrons. The maximum atomic E-state index is 6.42. The van der Waals surface area contributed by atoms with E-state index >= 15 is 0 Å². The molecule has 1 aromatic rings. The number of rotatable bonds is 3. The second-order valence-corrected chi connectivity index (χ2v) is 8.40. The highest BCUT2D eigenvalue weighted by Crippen LogP contribution is 2.39. The van der Waals surface area contributed by atoms with Crippen molar-refractivity contribution in [2.75, 3.05) is 32.7 Å². The molecule has 24 heavy (non-hydrogen) atoms. The van der Waals surface area contributed by atoms with Crippen LogP contribution in [0.1, 0.15) is 55.7 Å². The van der Waals surface area contributed by atoms with E-state index in [9.17, 15) is 0 Å². The van der Waals surface area contributed by atoms with Crippen LogP contribution < -0.4 is 4.74 Å². The number of benzene rings is 1. The third kappa shape index (κ3) is 2.86. The second-order valence-electron chi connectivity index (χ2n) is 8.40. The highest BCUT2D eigenvalue weighted by molar-refractivity contribution is 5.41. The van der Waals surface area contributed by atoms with Gasteiger partial charge in [-0.05, 0) is 93.8 Å². The van der Waals surface area contributed by atoms with Crippen LogP contribution in [0.4, 0.5) is 0 Å². The van der Waals surface area contributed by atoms with Gasteiger partial charge in [-0.1, -0.05) is 6.07 Å². The zero-order valence-electron chi connectivity index (χ0n) is 14.8. The summed E-state index contributed by atoms with van der Waals surface area (Å²) in [6.07, 6.45) is 9.73. The Bertz CT molecular complexity index is 584. The first-order valence-corrected chi connectivity index (χ1v) is 10.1. The minimum Gasteiger partial charge on any atom is -0.489 e. The van der Waals surface area contributed by atoms with Crippen LogP contribution in [0.5, 0.6) is 5.75 Å². The Morgan fingerprint density at radius 1 is 0.958 bits per heavy atom. The molecule has 2 bridgehead atoms. The quantitative estimate of drug-likeness (QED) is 0.843. The standard InChI is InChI=1S/C21H30N2O/c1-2-11-23(10-1)21-8-5-17-13-18(6-7-20(17)21)24-19-12-16-4-3-9-22(14-16)15-19/h6-7,13,16,19,21H,1-5,8-12,14-15H2. The molecule has 0 radical (unpaired) electrons. The molecule has 0 aromatic heterocycles. The van der Waals surface area contributed by atoms with Crippen LogP contribution >= 0.6 is 0 Å². The summed E-state index contributed by atoms with van der Waals surface area (Å²) in [6, 6.07) is 7.64. The van der Waals surface area contributed by atoms with Crippen LogP contribution in [-0.2, 0) is 6.42 Å². The molecule has 0 spiro atoms. The fourth-order valence-electron chi connectivity index (χ4n) is 5.60. The van der Waals surface area contributed by atoms with E-state index in [0.29, 0.717) is 12.1 Å². The van der Waals surface area contributed by atoms with Gasteiger partial charge in [-0.3, -0.25) is 9.80 Å². The second kappa shape index (κ2) is 6.34. The minimum atomic E-state index is 0.401. The molecule has 0 N–H and O–H groups in total. The normalized spacial score (nSPS) is 35.8. The van der Waals surface area contributed by atoms with Crippen molar-refractivity contribution in [2.24, 2.45) is 5.92 Å². The molecular weight excluding hydrogens is 296 g/mol. The van der Waals surface area contributed by atoms with Gasteiger partial charge in [-0.25, -0.2) is 0 Å². The fourth-order valence-corrected chi connectivity index (χ4v) is 5.60. The van der Waals surface area contributed by atoms with Crippen LogP contribution in [0.25, 0.3) is 0 Å². The van der Waals surface area contributed by atoms with Crippen molar-refractivity contribution < 1.29 is 4.74 Å². The van der Waals surface area contributed by atoms with Crippen LogP contribution in [0, 0.1) is 5.92 Å². The highest BCUT2D eigenvalue weighted by Gasteiger charge is 2.32. The fraction of sp³-hybridized carbons (Fsp3) is 0.714. The smallest absolute Gasteiger partial charge is 0.120 e. The lowest BCUT2D eigenvalue weighted by Crippen LogP contribution is -2.48. The van der Waals surface area contributed by atoms with Crippen molar-refractivity contribution in [3.05, 3.63) is 29.3 Å². The van der Waals surface area contributed by atoms with Crippen LogP contribution in [-0.4, -0.2) is 48.6 Å². The van der Waals surface area contributed by atoms with E-state index in [1.807, 2.05) is 0 Å². The van der Waals surface area contributed by atoms with Gasteiger partial charge in [-0.15, -0.1) is 0 Å². The third-order valence-electron chi connectivity index (χ3n) is 6.71. The van der Waals surface area contributed by atoms with Crippen molar-refractivity contribution in [1.82, 2.24) is 9.80 Å². The Balaban J connectivity index is 1.28. The molecular formula is C21H30N2O. The predicted molar refractivity (Wildman–Crippen MR) is 96.5 cm³/mol. The highest BCUT2D eigenvalue weighted by atomic mass is 16.5. The number of likely N-dealkylation sites (tertiary alicyclic amines) is 1. The van der Waals surface area contributed by atoms with Gasteiger partial charge < -0.3 is 4.74 Å². The molecule has 5 rings (SSSR count). The number of piperidine rings is 2. The van der Waals surface area contributed by atoms with E-state index in [1.54, 1.807) is 11.1 Å². The van der Waals surface area contributed by atoms with E-state index in [0.717, 1.165) is 18.2 Å². The number of aryl methyl sites for hydroxylation is 1. The van der Waals surface area contributed by atoms with Crippen molar-refractivity contribution in [3.8, 4) is 5.75 Å². The molecule has 4 aliphatic rings. The molecule has 1 aliphatic carbocycles. The lowest BCUT2D eigenvalue weighted by atomic mass is 9.88. The lowest BCUT2D eigenvalue weighted by Gasteiger charge is -2.41. The molecule has 3 nitrogen and oxygen atoms in total.